The van der Waals surface area contributed by atoms with Gasteiger partial charge in [0, 0.05) is 12.6 Å². The summed E-state index contributed by atoms with van der Waals surface area (Å²) in [5, 5.41) is 7.10. The molecular formula is C26H33N3O3. The third-order valence-corrected chi connectivity index (χ3v) is 5.83. The molecule has 0 saturated heterocycles. The van der Waals surface area contributed by atoms with Gasteiger partial charge < -0.3 is 14.6 Å². The summed E-state index contributed by atoms with van der Waals surface area (Å²) in [7, 11) is 0. The molecule has 0 aliphatic rings. The number of likely N-dealkylation sites (N-methyl/N-ethyl adjacent to an activating group) is 1. The SMILES string of the molecule is CCN(CC)C(CNC(=O)c1ccccc1OCc1c(C)noc1C)Cc1ccccc1. The Hall–Kier alpha value is -3.12. The Bertz CT molecular complexity index is 977. The van der Waals surface area contributed by atoms with Crippen molar-refractivity contribution in [2.45, 2.75) is 46.8 Å². The highest BCUT2D eigenvalue weighted by molar-refractivity contribution is 5.96. The maximum atomic E-state index is 13.1. The molecule has 6 heteroatoms. The number of ether oxygens (including phenoxy) is 1. The van der Waals surface area contributed by atoms with Gasteiger partial charge >= 0.3 is 0 Å². The van der Waals surface area contributed by atoms with Crippen molar-refractivity contribution in [3.63, 3.8) is 0 Å². The molecule has 0 aliphatic heterocycles. The van der Waals surface area contributed by atoms with Crippen LogP contribution >= 0.6 is 0 Å². The van der Waals surface area contributed by atoms with E-state index in [0.717, 1.165) is 36.5 Å². The lowest BCUT2D eigenvalue weighted by Gasteiger charge is -2.30. The lowest BCUT2D eigenvalue weighted by Crippen LogP contribution is -2.45. The highest BCUT2D eigenvalue weighted by Crippen LogP contribution is 2.21. The standard InChI is InChI=1S/C26H33N3O3/c1-5-29(6-2)22(16-21-12-8-7-9-13-21)17-27-26(30)23-14-10-11-15-25(23)31-18-24-19(3)28-32-20(24)4/h7-15,22H,5-6,16-18H2,1-4H3,(H,27,30). The van der Waals surface area contributed by atoms with Crippen molar-refractivity contribution in [3.05, 3.63) is 82.7 Å². The molecular weight excluding hydrogens is 402 g/mol. The van der Waals surface area contributed by atoms with E-state index in [1.807, 2.05) is 38.1 Å². The number of carbonyl (C=O) groups excluding carboxylic acids is 1. The minimum atomic E-state index is -0.135. The van der Waals surface area contributed by atoms with E-state index >= 15 is 0 Å². The van der Waals surface area contributed by atoms with E-state index in [1.165, 1.54) is 5.56 Å². The van der Waals surface area contributed by atoms with Crippen LogP contribution in [0.2, 0.25) is 0 Å². The number of aromatic nitrogens is 1. The first-order chi connectivity index (χ1) is 15.5. The van der Waals surface area contributed by atoms with Crippen LogP contribution in [-0.4, -0.2) is 41.6 Å². The Kier molecular flexibility index (Phi) is 8.45. The molecule has 3 rings (SSSR count). The van der Waals surface area contributed by atoms with Crippen LogP contribution < -0.4 is 10.1 Å². The summed E-state index contributed by atoms with van der Waals surface area (Å²) in [5.41, 5.74) is 3.50. The second-order valence-electron chi connectivity index (χ2n) is 7.86. The first kappa shape index (κ1) is 23.5. The topological polar surface area (TPSA) is 67.6 Å². The summed E-state index contributed by atoms with van der Waals surface area (Å²) in [4.78, 5) is 15.5. The van der Waals surface area contributed by atoms with Crippen LogP contribution in [0.5, 0.6) is 5.75 Å². The average molecular weight is 436 g/mol. The van der Waals surface area contributed by atoms with Crippen LogP contribution in [0.4, 0.5) is 0 Å². The lowest BCUT2D eigenvalue weighted by molar-refractivity contribution is 0.0930. The van der Waals surface area contributed by atoms with Gasteiger partial charge in [-0.3, -0.25) is 9.69 Å². The van der Waals surface area contributed by atoms with Gasteiger partial charge in [-0.1, -0.05) is 61.5 Å². The molecule has 1 unspecified atom stereocenters. The molecule has 0 saturated carbocycles. The molecule has 6 nitrogen and oxygen atoms in total. The van der Waals surface area contributed by atoms with Gasteiger partial charge in [0.15, 0.2) is 0 Å². The lowest BCUT2D eigenvalue weighted by atomic mass is 10.0. The molecule has 0 fully saturated rings. The van der Waals surface area contributed by atoms with Crippen LogP contribution in [0, 0.1) is 13.8 Å². The summed E-state index contributed by atoms with van der Waals surface area (Å²) in [6, 6.07) is 18.0. The van der Waals surface area contributed by atoms with E-state index in [1.54, 1.807) is 6.07 Å². The Balaban J connectivity index is 1.68. The molecule has 1 amide bonds. The van der Waals surface area contributed by atoms with Crippen molar-refractivity contribution in [2.24, 2.45) is 0 Å². The number of para-hydroxylation sites is 1. The van der Waals surface area contributed by atoms with Crippen LogP contribution in [0.25, 0.3) is 0 Å². The second kappa shape index (κ2) is 11.5. The number of rotatable bonds is 11. The minimum absolute atomic E-state index is 0.135. The predicted octanol–water partition coefficient (Wildman–Crippen LogP) is 4.55. The molecule has 3 aromatic rings. The van der Waals surface area contributed by atoms with Gasteiger partial charge in [-0.25, -0.2) is 0 Å². The van der Waals surface area contributed by atoms with Crippen LogP contribution in [0.15, 0.2) is 59.1 Å². The number of benzene rings is 2. The minimum Gasteiger partial charge on any atom is -0.488 e. The largest absolute Gasteiger partial charge is 0.488 e. The summed E-state index contributed by atoms with van der Waals surface area (Å²) in [6.45, 7) is 10.8. The third-order valence-electron chi connectivity index (χ3n) is 5.83. The van der Waals surface area contributed by atoms with Gasteiger partial charge in [-0.05, 0) is 51.1 Å². The summed E-state index contributed by atoms with van der Waals surface area (Å²) >= 11 is 0. The van der Waals surface area contributed by atoms with Crippen molar-refractivity contribution in [1.82, 2.24) is 15.4 Å². The summed E-state index contributed by atoms with van der Waals surface area (Å²) in [5.74, 6) is 1.14. The van der Waals surface area contributed by atoms with E-state index in [2.05, 4.69) is 53.5 Å². The monoisotopic (exact) mass is 435 g/mol. The Morgan fingerprint density at radius 1 is 1.06 bits per heavy atom. The van der Waals surface area contributed by atoms with Crippen molar-refractivity contribution < 1.29 is 14.1 Å². The zero-order valence-electron chi connectivity index (χ0n) is 19.4. The smallest absolute Gasteiger partial charge is 0.255 e. The van der Waals surface area contributed by atoms with Crippen molar-refractivity contribution in [2.75, 3.05) is 19.6 Å². The fraction of sp³-hybridized carbons (Fsp3) is 0.385. The maximum Gasteiger partial charge on any atom is 0.255 e. The van der Waals surface area contributed by atoms with Gasteiger partial charge in [0.25, 0.3) is 5.91 Å². The molecule has 170 valence electrons. The molecule has 1 heterocycles. The van der Waals surface area contributed by atoms with E-state index in [0.29, 0.717) is 24.5 Å². The number of nitrogens with zero attached hydrogens (tertiary/aromatic N) is 2. The molecule has 0 radical (unpaired) electrons. The summed E-state index contributed by atoms with van der Waals surface area (Å²) < 4.78 is 11.2. The Labute approximate surface area is 190 Å². The van der Waals surface area contributed by atoms with Crippen molar-refractivity contribution in [3.8, 4) is 5.75 Å². The fourth-order valence-electron chi connectivity index (χ4n) is 3.90. The Morgan fingerprint density at radius 2 is 1.75 bits per heavy atom. The van der Waals surface area contributed by atoms with Crippen molar-refractivity contribution in [1.29, 1.82) is 0 Å². The van der Waals surface area contributed by atoms with Crippen molar-refractivity contribution >= 4 is 5.91 Å². The van der Waals surface area contributed by atoms with Gasteiger partial charge in [-0.15, -0.1) is 0 Å². The van der Waals surface area contributed by atoms with Crippen LogP contribution in [-0.2, 0) is 13.0 Å². The molecule has 0 bridgehead atoms. The number of aryl methyl sites for hydroxylation is 2. The number of nitrogens with one attached hydrogen (secondary N) is 1. The predicted molar refractivity (Wildman–Crippen MR) is 126 cm³/mol. The third kappa shape index (κ3) is 5.98. The highest BCUT2D eigenvalue weighted by Gasteiger charge is 2.20. The molecule has 1 N–H and O–H groups in total. The molecule has 32 heavy (non-hydrogen) atoms. The number of hydrogen-bond donors (Lipinski definition) is 1. The fourth-order valence-corrected chi connectivity index (χ4v) is 3.90. The summed E-state index contributed by atoms with van der Waals surface area (Å²) in [6.07, 6.45) is 0.882. The zero-order valence-corrected chi connectivity index (χ0v) is 19.4. The van der Waals surface area contributed by atoms with E-state index in [9.17, 15) is 4.79 Å². The number of hydrogen-bond acceptors (Lipinski definition) is 5. The molecule has 2 aromatic carbocycles. The maximum absolute atomic E-state index is 13.1. The molecule has 0 spiro atoms. The second-order valence-corrected chi connectivity index (χ2v) is 7.86. The van der Waals surface area contributed by atoms with Gasteiger partial charge in [0.05, 0.1) is 16.8 Å². The molecule has 1 atom stereocenters. The van der Waals surface area contributed by atoms with Crippen LogP contribution in [0.3, 0.4) is 0 Å². The van der Waals surface area contributed by atoms with E-state index < -0.39 is 0 Å². The van der Waals surface area contributed by atoms with E-state index in [4.69, 9.17) is 9.26 Å². The number of carbonyl (C=O) groups is 1. The average Bonchev–Trinajstić information content (AvgIpc) is 3.14. The van der Waals surface area contributed by atoms with Crippen LogP contribution in [0.1, 0.15) is 46.8 Å². The number of amides is 1. The van der Waals surface area contributed by atoms with Gasteiger partial charge in [0.2, 0.25) is 0 Å². The van der Waals surface area contributed by atoms with Gasteiger partial charge in [0.1, 0.15) is 18.1 Å². The zero-order chi connectivity index (χ0) is 22.9. The highest BCUT2D eigenvalue weighted by atomic mass is 16.5. The van der Waals surface area contributed by atoms with E-state index in [-0.39, 0.29) is 11.9 Å². The first-order valence-corrected chi connectivity index (χ1v) is 11.2. The molecule has 1 aromatic heterocycles. The quantitative estimate of drug-likeness (QED) is 0.478. The Morgan fingerprint density at radius 3 is 2.41 bits per heavy atom. The van der Waals surface area contributed by atoms with Gasteiger partial charge in [-0.2, -0.15) is 0 Å². The first-order valence-electron chi connectivity index (χ1n) is 11.2. The molecule has 0 aliphatic carbocycles. The normalized spacial score (nSPS) is 12.0.